The summed E-state index contributed by atoms with van der Waals surface area (Å²) in [7, 11) is 0. The summed E-state index contributed by atoms with van der Waals surface area (Å²) in [6.45, 7) is 0. The number of imidazole rings is 1. The molecule has 0 radical (unpaired) electrons. The summed E-state index contributed by atoms with van der Waals surface area (Å²) in [6, 6.07) is 11.2. The molecule has 3 saturated carbocycles. The number of hydrogen-bond donors (Lipinski definition) is 2. The Kier molecular flexibility index (Phi) is 3.82. The molecule has 0 saturated heterocycles. The lowest BCUT2D eigenvalue weighted by molar-refractivity contribution is 0.137. The van der Waals surface area contributed by atoms with E-state index in [9.17, 15) is 4.39 Å². The first-order valence-corrected chi connectivity index (χ1v) is 11.5. The molecule has 4 unspecified atom stereocenters. The van der Waals surface area contributed by atoms with Crippen LogP contribution in [0.1, 0.15) is 25.7 Å². The lowest BCUT2D eigenvalue weighted by Gasteiger charge is -2.44. The second-order valence-corrected chi connectivity index (χ2v) is 9.42. The molecule has 3 aliphatic carbocycles. The highest BCUT2D eigenvalue weighted by Crippen LogP contribution is 2.76. The van der Waals surface area contributed by atoms with Gasteiger partial charge in [0.1, 0.15) is 11.6 Å². The second-order valence-electron chi connectivity index (χ2n) is 8.63. The van der Waals surface area contributed by atoms with Gasteiger partial charge in [0.15, 0.2) is 5.16 Å². The summed E-state index contributed by atoms with van der Waals surface area (Å²) < 4.78 is 13.4. The van der Waals surface area contributed by atoms with Gasteiger partial charge in [0.2, 0.25) is 0 Å². The molecule has 0 aliphatic heterocycles. The molecule has 4 atom stereocenters. The van der Waals surface area contributed by atoms with Gasteiger partial charge in [-0.2, -0.15) is 0 Å². The van der Waals surface area contributed by atoms with Crippen molar-refractivity contribution in [1.29, 1.82) is 0 Å². The van der Waals surface area contributed by atoms with Gasteiger partial charge in [0.25, 0.3) is 0 Å². The summed E-state index contributed by atoms with van der Waals surface area (Å²) in [5, 5.41) is 4.57. The minimum absolute atomic E-state index is 0.237. The van der Waals surface area contributed by atoms with Crippen molar-refractivity contribution in [1.82, 2.24) is 15.0 Å². The number of rotatable bonds is 5. The smallest absolute Gasteiger partial charge is 0.166 e. The third kappa shape index (κ3) is 2.65. The molecule has 3 aliphatic rings. The topological polar surface area (TPSA) is 53.6 Å². The average Bonchev–Trinajstić information content (AvgIpc) is 3.25. The number of aromatic amines is 1. The van der Waals surface area contributed by atoms with Crippen LogP contribution in [-0.2, 0) is 0 Å². The van der Waals surface area contributed by atoms with Gasteiger partial charge in [-0.05, 0) is 85.6 Å². The van der Waals surface area contributed by atoms with Crippen molar-refractivity contribution in [3.8, 4) is 22.5 Å². The molecule has 3 aromatic rings. The van der Waals surface area contributed by atoms with E-state index in [1.54, 1.807) is 23.9 Å². The fourth-order valence-corrected chi connectivity index (χ4v) is 6.20. The van der Waals surface area contributed by atoms with Crippen molar-refractivity contribution in [2.45, 2.75) is 36.9 Å². The Morgan fingerprint density at radius 1 is 1.14 bits per heavy atom. The van der Waals surface area contributed by atoms with Gasteiger partial charge >= 0.3 is 0 Å². The lowest BCUT2D eigenvalue weighted by Crippen LogP contribution is -2.47. The largest absolute Gasteiger partial charge is 0.367 e. The number of H-pyrrole nitrogens is 1. The summed E-state index contributed by atoms with van der Waals surface area (Å²) >= 11 is 1.57. The van der Waals surface area contributed by atoms with Gasteiger partial charge in [-0.1, -0.05) is 11.8 Å². The molecule has 29 heavy (non-hydrogen) atoms. The normalized spacial score (nSPS) is 29.1. The molecular formula is C23H23FN4S. The van der Waals surface area contributed by atoms with E-state index in [4.69, 9.17) is 4.98 Å². The molecule has 2 N–H and O–H groups in total. The number of benzene rings is 1. The summed E-state index contributed by atoms with van der Waals surface area (Å²) in [4.78, 5) is 12.8. The number of pyridine rings is 1. The average molecular weight is 407 g/mol. The molecule has 0 amide bonds. The minimum atomic E-state index is -0.237. The van der Waals surface area contributed by atoms with Gasteiger partial charge in [0, 0.05) is 23.4 Å². The molecule has 1 spiro atoms. The molecule has 1 aromatic carbocycles. The fraction of sp³-hybridized carbons (Fsp3) is 0.391. The Morgan fingerprint density at radius 2 is 1.97 bits per heavy atom. The maximum atomic E-state index is 13.4. The predicted octanol–water partition coefficient (Wildman–Crippen LogP) is 5.60. The molecular weight excluding hydrogens is 383 g/mol. The second kappa shape index (κ2) is 6.33. The highest BCUT2D eigenvalue weighted by Gasteiger charge is 2.72. The lowest BCUT2D eigenvalue weighted by atomic mass is 9.67. The van der Waals surface area contributed by atoms with E-state index in [1.165, 1.54) is 37.8 Å². The molecule has 2 heterocycles. The molecule has 0 bridgehead atoms. The molecule has 6 heteroatoms. The van der Waals surface area contributed by atoms with Gasteiger partial charge in [-0.3, -0.25) is 0 Å². The monoisotopic (exact) mass is 406 g/mol. The Balaban J connectivity index is 1.32. The standard InChI is InChI=1S/C23H23FN4S/c1-29-22-27-20(13-2-6-17(24)7-3-13)21(28-22)14-8-9-25-19(10-14)26-18-11-15-4-5-16-12-23(15,16)18/h2-3,6-10,15-16,18H,4-5,11-12H2,1H3,(H,25,26)(H,27,28). The number of hydrogen-bond acceptors (Lipinski definition) is 4. The van der Waals surface area contributed by atoms with E-state index >= 15 is 0 Å². The van der Waals surface area contributed by atoms with Gasteiger partial charge in [-0.25, -0.2) is 14.4 Å². The molecule has 6 rings (SSSR count). The zero-order chi connectivity index (χ0) is 19.6. The summed E-state index contributed by atoms with van der Waals surface area (Å²) in [6.07, 6.45) is 9.37. The van der Waals surface area contributed by atoms with Crippen LogP contribution >= 0.6 is 11.8 Å². The van der Waals surface area contributed by atoms with Gasteiger partial charge in [0.05, 0.1) is 11.4 Å². The number of nitrogens with one attached hydrogen (secondary N) is 2. The summed E-state index contributed by atoms with van der Waals surface area (Å²) in [5.74, 6) is 2.58. The number of halogens is 1. The maximum Gasteiger partial charge on any atom is 0.166 e. The van der Waals surface area contributed by atoms with Crippen LogP contribution < -0.4 is 5.32 Å². The number of aromatic nitrogens is 3. The van der Waals surface area contributed by atoms with E-state index in [2.05, 4.69) is 21.4 Å². The van der Waals surface area contributed by atoms with Crippen molar-refractivity contribution < 1.29 is 4.39 Å². The van der Waals surface area contributed by atoms with Crippen LogP contribution in [0.25, 0.3) is 22.5 Å². The fourth-order valence-electron chi connectivity index (χ4n) is 5.81. The molecule has 4 nitrogen and oxygen atoms in total. The van der Waals surface area contributed by atoms with Crippen molar-refractivity contribution in [3.63, 3.8) is 0 Å². The summed E-state index contributed by atoms with van der Waals surface area (Å²) in [5.41, 5.74) is 4.31. The van der Waals surface area contributed by atoms with E-state index < -0.39 is 0 Å². The van der Waals surface area contributed by atoms with Crippen LogP contribution in [0.15, 0.2) is 47.8 Å². The quantitative estimate of drug-likeness (QED) is 0.542. The van der Waals surface area contributed by atoms with Crippen LogP contribution in [-0.4, -0.2) is 27.2 Å². The Morgan fingerprint density at radius 3 is 2.72 bits per heavy atom. The van der Waals surface area contributed by atoms with E-state index in [0.717, 1.165) is 45.3 Å². The maximum absolute atomic E-state index is 13.4. The van der Waals surface area contributed by atoms with Gasteiger partial charge in [-0.15, -0.1) is 0 Å². The van der Waals surface area contributed by atoms with Crippen LogP contribution in [0, 0.1) is 23.1 Å². The molecule has 3 fully saturated rings. The van der Waals surface area contributed by atoms with Gasteiger partial charge < -0.3 is 10.3 Å². The number of anilines is 1. The van der Waals surface area contributed by atoms with E-state index in [0.29, 0.717) is 11.5 Å². The van der Waals surface area contributed by atoms with Crippen LogP contribution in [0.2, 0.25) is 0 Å². The third-order valence-electron chi connectivity index (χ3n) is 7.36. The van der Waals surface area contributed by atoms with Crippen LogP contribution in [0.4, 0.5) is 10.2 Å². The SMILES string of the molecule is CSc1nc(-c2ccnc(NC3CC4CCC5CC453)c2)c(-c2ccc(F)cc2)[nH]1. The highest BCUT2D eigenvalue weighted by atomic mass is 32.2. The van der Waals surface area contributed by atoms with E-state index in [1.807, 2.05) is 18.5 Å². The highest BCUT2D eigenvalue weighted by molar-refractivity contribution is 7.98. The molecule has 2 aromatic heterocycles. The molecule has 148 valence electrons. The zero-order valence-corrected chi connectivity index (χ0v) is 17.1. The Bertz CT molecular complexity index is 1080. The number of nitrogens with zero attached hydrogens (tertiary/aromatic N) is 2. The van der Waals surface area contributed by atoms with Crippen molar-refractivity contribution in [2.24, 2.45) is 17.3 Å². The Hall–Kier alpha value is -2.34. The first-order chi connectivity index (χ1) is 14.2. The van der Waals surface area contributed by atoms with Crippen molar-refractivity contribution >= 4 is 17.6 Å². The first-order valence-electron chi connectivity index (χ1n) is 10.3. The Labute approximate surface area is 173 Å². The van der Waals surface area contributed by atoms with Crippen LogP contribution in [0.5, 0.6) is 0 Å². The first kappa shape index (κ1) is 17.5. The van der Waals surface area contributed by atoms with Crippen molar-refractivity contribution in [2.75, 3.05) is 11.6 Å². The van der Waals surface area contributed by atoms with E-state index in [-0.39, 0.29) is 5.82 Å². The predicted molar refractivity (Wildman–Crippen MR) is 114 cm³/mol. The van der Waals surface area contributed by atoms with Crippen LogP contribution in [0.3, 0.4) is 0 Å². The number of thioether (sulfide) groups is 1. The van der Waals surface area contributed by atoms with Crippen molar-refractivity contribution in [3.05, 3.63) is 48.4 Å². The third-order valence-corrected chi connectivity index (χ3v) is 7.94. The zero-order valence-electron chi connectivity index (χ0n) is 16.3. The minimum Gasteiger partial charge on any atom is -0.367 e.